The van der Waals surface area contributed by atoms with Crippen LogP contribution in [0.4, 0.5) is 13.2 Å². The number of hydrogen-bond donors (Lipinski definition) is 0. The molecule has 0 atom stereocenters. The molecule has 0 spiro atoms. The molecule has 0 N–H and O–H groups in total. The van der Waals surface area contributed by atoms with Crippen LogP contribution in [0, 0.1) is 0 Å². The fourth-order valence-electron chi connectivity index (χ4n) is 0.165. The van der Waals surface area contributed by atoms with E-state index in [1.807, 2.05) is 0 Å². The van der Waals surface area contributed by atoms with Crippen LogP contribution in [-0.4, -0.2) is 18.4 Å². The molecule has 0 rings (SSSR count). The Morgan fingerprint density at radius 3 is 2.33 bits per heavy atom. The molecular weight excluding hydrogens is 312 g/mol. The summed E-state index contributed by atoms with van der Waals surface area (Å²) in [6.07, 6.45) is 1.30. The molecule has 74 valence electrons. The Labute approximate surface area is 78.5 Å². The van der Waals surface area contributed by atoms with Gasteiger partial charge in [-0.15, -0.1) is 0 Å². The minimum absolute atomic E-state index is 0.161. The van der Waals surface area contributed by atoms with E-state index in [9.17, 15) is 21.6 Å². The number of allylic oxidation sites excluding steroid dienone is 1. The molecule has 0 aromatic rings. The molecule has 0 heterocycles. The second-order valence-electron chi connectivity index (χ2n) is 1.51. The van der Waals surface area contributed by atoms with Crippen molar-refractivity contribution in [3.8, 4) is 0 Å². The van der Waals surface area contributed by atoms with E-state index >= 15 is 0 Å². The molecule has 3 nitrogen and oxygen atoms in total. The minimum atomic E-state index is -5.37. The maximum absolute atomic E-state index is 11.5. The van der Waals surface area contributed by atoms with E-state index < -0.39 is 37.2 Å². The molecule has 0 aliphatic rings. The molecule has 0 amide bonds. The Bertz CT molecular complexity index is 245. The van der Waals surface area contributed by atoms with Gasteiger partial charge in [0.25, 0.3) is 0 Å². The monoisotopic (exact) mass is 317 g/mol. The summed E-state index contributed by atoms with van der Waals surface area (Å²) < 4.78 is 58.8. The van der Waals surface area contributed by atoms with Crippen LogP contribution in [0.3, 0.4) is 0 Å². The first-order chi connectivity index (χ1) is 5.31. The van der Waals surface area contributed by atoms with Gasteiger partial charge in [0.15, 0.2) is 0 Å². The number of rotatable bonds is 4. The second-order valence-corrected chi connectivity index (χ2v) is 5.59. The Hall–Kier alpha value is 0.170. The molecule has 8 heteroatoms. The van der Waals surface area contributed by atoms with Gasteiger partial charge in [0.2, 0.25) is 0 Å². The molecule has 0 aromatic heterocycles. The predicted molar refractivity (Wildman–Crippen MR) is 31.1 cm³/mol. The summed E-state index contributed by atoms with van der Waals surface area (Å²) in [6, 6.07) is 0. The third kappa shape index (κ3) is 3.72. The Balaban J connectivity index is 4.16. The molecule has 0 unspecified atom stereocenters. The van der Waals surface area contributed by atoms with E-state index in [1.54, 1.807) is 0 Å². The normalized spacial score (nSPS) is 13.2. The molecule has 0 aliphatic carbocycles. The van der Waals surface area contributed by atoms with Gasteiger partial charge in [-0.05, 0) is 0 Å². The van der Waals surface area contributed by atoms with Crippen molar-refractivity contribution >= 4 is 10.1 Å². The standard InChI is InChI=1S/C4H5F3IO3S/c1-2-3-8-11-12(9,10)4(5,6)7/h2H,1,3H2/q-1. The summed E-state index contributed by atoms with van der Waals surface area (Å²) in [5.74, 6) is 0. The summed E-state index contributed by atoms with van der Waals surface area (Å²) in [4.78, 5) is 0. The van der Waals surface area contributed by atoms with E-state index in [-0.39, 0.29) is 4.43 Å². The summed E-state index contributed by atoms with van der Waals surface area (Å²) in [7, 11) is -5.37. The second kappa shape index (κ2) is 4.42. The summed E-state index contributed by atoms with van der Waals surface area (Å²) >= 11 is -1.46. The molecule has 0 aromatic carbocycles. The first-order valence-electron chi connectivity index (χ1n) is 2.51. The zero-order chi connectivity index (χ0) is 9.83. The van der Waals surface area contributed by atoms with Gasteiger partial charge >= 0.3 is 78.4 Å². The van der Waals surface area contributed by atoms with Crippen LogP contribution in [0.25, 0.3) is 0 Å². The summed E-state index contributed by atoms with van der Waals surface area (Å²) in [6.45, 7) is 3.21. The predicted octanol–water partition coefficient (Wildman–Crippen LogP) is -1.96. The molecule has 0 saturated carbocycles. The van der Waals surface area contributed by atoms with Crippen molar-refractivity contribution in [3.63, 3.8) is 0 Å². The van der Waals surface area contributed by atoms with Crippen LogP contribution in [0.2, 0.25) is 0 Å². The molecule has 0 aliphatic heterocycles. The van der Waals surface area contributed by atoms with Crippen molar-refractivity contribution in [1.29, 1.82) is 0 Å². The maximum atomic E-state index is 11.5. The molecule has 0 radical (unpaired) electrons. The van der Waals surface area contributed by atoms with Crippen LogP contribution in [0.5, 0.6) is 0 Å². The third-order valence-corrected chi connectivity index (χ3v) is 4.57. The van der Waals surface area contributed by atoms with Crippen molar-refractivity contribution in [2.45, 2.75) is 5.51 Å². The van der Waals surface area contributed by atoms with Gasteiger partial charge in [-0.2, -0.15) is 0 Å². The Morgan fingerprint density at radius 2 is 2.00 bits per heavy atom. The zero-order valence-electron chi connectivity index (χ0n) is 5.64. The van der Waals surface area contributed by atoms with Gasteiger partial charge < -0.3 is 0 Å². The average Bonchev–Trinajstić information content (AvgIpc) is 1.85. The van der Waals surface area contributed by atoms with Crippen LogP contribution >= 0.6 is 0 Å². The number of halogens is 4. The van der Waals surface area contributed by atoms with Gasteiger partial charge in [0, 0.05) is 0 Å². The molecular formula is C4H5F3IO3S-. The summed E-state index contributed by atoms with van der Waals surface area (Å²) in [5, 5.41) is 0. The Morgan fingerprint density at radius 1 is 1.50 bits per heavy atom. The van der Waals surface area contributed by atoms with Gasteiger partial charge in [-0.3, -0.25) is 0 Å². The molecule has 0 saturated heterocycles. The molecule has 12 heavy (non-hydrogen) atoms. The van der Waals surface area contributed by atoms with E-state index in [0.29, 0.717) is 0 Å². The van der Waals surface area contributed by atoms with Crippen LogP contribution in [0.1, 0.15) is 0 Å². The van der Waals surface area contributed by atoms with Crippen molar-refractivity contribution in [2.75, 3.05) is 4.43 Å². The van der Waals surface area contributed by atoms with Crippen molar-refractivity contribution in [3.05, 3.63) is 12.7 Å². The molecule has 0 bridgehead atoms. The molecule has 0 fully saturated rings. The van der Waals surface area contributed by atoms with Crippen molar-refractivity contribution < 1.29 is 45.7 Å². The summed E-state index contributed by atoms with van der Waals surface area (Å²) in [5.41, 5.74) is -5.31. The van der Waals surface area contributed by atoms with Gasteiger partial charge in [0.1, 0.15) is 0 Å². The third-order valence-electron chi connectivity index (χ3n) is 0.583. The quantitative estimate of drug-likeness (QED) is 0.199. The first-order valence-corrected chi connectivity index (χ1v) is 6.32. The van der Waals surface area contributed by atoms with Gasteiger partial charge in [0.05, 0.1) is 0 Å². The number of alkyl halides is 4. The van der Waals surface area contributed by atoms with Crippen LogP contribution in [-0.2, 0) is 12.6 Å². The Kier molecular flexibility index (Phi) is 4.48. The van der Waals surface area contributed by atoms with E-state index in [0.717, 1.165) is 0 Å². The fourth-order valence-corrected chi connectivity index (χ4v) is 2.72. The van der Waals surface area contributed by atoms with Crippen LogP contribution in [0.15, 0.2) is 12.7 Å². The number of hydrogen-bond acceptors (Lipinski definition) is 3. The zero-order valence-corrected chi connectivity index (χ0v) is 8.61. The first kappa shape index (κ1) is 12.2. The topological polar surface area (TPSA) is 43.4 Å². The van der Waals surface area contributed by atoms with E-state index in [4.69, 9.17) is 0 Å². The van der Waals surface area contributed by atoms with Gasteiger partial charge in [-0.1, -0.05) is 0 Å². The van der Waals surface area contributed by atoms with Crippen LogP contribution < -0.4 is 21.6 Å². The van der Waals surface area contributed by atoms with Crippen molar-refractivity contribution in [1.82, 2.24) is 0 Å². The van der Waals surface area contributed by atoms with E-state index in [1.165, 1.54) is 6.08 Å². The van der Waals surface area contributed by atoms with E-state index in [2.05, 4.69) is 9.09 Å². The fraction of sp³-hybridized carbons (Fsp3) is 0.500. The van der Waals surface area contributed by atoms with Crippen molar-refractivity contribution in [2.24, 2.45) is 0 Å². The SMILES string of the molecule is C=CC[I-]OS(=O)(=O)C(F)(F)F. The van der Waals surface area contributed by atoms with Gasteiger partial charge in [-0.25, -0.2) is 0 Å². The average molecular weight is 317 g/mol.